The summed E-state index contributed by atoms with van der Waals surface area (Å²) in [4.78, 5) is 14.3. The second-order valence-electron chi connectivity index (χ2n) is 7.61. The van der Waals surface area contributed by atoms with Crippen LogP contribution in [0.4, 0.5) is 16.2 Å². The number of benzene rings is 1. The summed E-state index contributed by atoms with van der Waals surface area (Å²) in [5.74, 6) is 0. The third-order valence-electron chi connectivity index (χ3n) is 5.07. The quantitative estimate of drug-likeness (QED) is 0.882. The number of anilines is 2. The fourth-order valence-corrected chi connectivity index (χ4v) is 3.33. The number of ether oxygens (including phenoxy) is 1. The molecule has 2 amide bonds. The van der Waals surface area contributed by atoms with Gasteiger partial charge in [0.15, 0.2) is 0 Å². The highest BCUT2D eigenvalue weighted by molar-refractivity contribution is 5.89. The van der Waals surface area contributed by atoms with Gasteiger partial charge >= 0.3 is 6.03 Å². The van der Waals surface area contributed by atoms with Crippen molar-refractivity contribution in [1.29, 1.82) is 0 Å². The highest BCUT2D eigenvalue weighted by Gasteiger charge is 2.35. The fourth-order valence-electron chi connectivity index (χ4n) is 3.33. The van der Waals surface area contributed by atoms with E-state index < -0.39 is 0 Å². The summed E-state index contributed by atoms with van der Waals surface area (Å²) >= 11 is 0. The van der Waals surface area contributed by atoms with Crippen molar-refractivity contribution in [3.63, 3.8) is 0 Å². The Kier molecular flexibility index (Phi) is 5.29. The monoisotopic (exact) mass is 331 g/mol. The molecule has 132 valence electrons. The molecule has 2 aliphatic rings. The van der Waals surface area contributed by atoms with E-state index in [4.69, 9.17) is 4.74 Å². The Hall–Kier alpha value is -1.75. The summed E-state index contributed by atoms with van der Waals surface area (Å²) < 4.78 is 5.57. The summed E-state index contributed by atoms with van der Waals surface area (Å²) in [7, 11) is 0. The normalized spacial score (nSPS) is 23.6. The molecule has 1 atom stereocenters. The first kappa shape index (κ1) is 17.1. The molecule has 0 radical (unpaired) electrons. The van der Waals surface area contributed by atoms with Crippen LogP contribution in [-0.4, -0.2) is 43.3 Å². The van der Waals surface area contributed by atoms with E-state index in [-0.39, 0.29) is 11.4 Å². The molecule has 2 heterocycles. The van der Waals surface area contributed by atoms with Crippen molar-refractivity contribution < 1.29 is 9.53 Å². The number of amides is 2. The van der Waals surface area contributed by atoms with Crippen LogP contribution in [0.3, 0.4) is 0 Å². The van der Waals surface area contributed by atoms with Crippen molar-refractivity contribution >= 4 is 17.4 Å². The van der Waals surface area contributed by atoms with Crippen LogP contribution in [-0.2, 0) is 4.74 Å². The summed E-state index contributed by atoms with van der Waals surface area (Å²) in [5, 5.41) is 6.55. The maximum atomic E-state index is 12.4. The van der Waals surface area contributed by atoms with Crippen molar-refractivity contribution in [2.75, 3.05) is 36.9 Å². The van der Waals surface area contributed by atoms with E-state index in [1.807, 2.05) is 29.2 Å². The number of likely N-dealkylation sites (tertiary alicyclic amines) is 1. The first-order chi connectivity index (χ1) is 11.5. The summed E-state index contributed by atoms with van der Waals surface area (Å²) in [5.41, 5.74) is 2.04. The summed E-state index contributed by atoms with van der Waals surface area (Å²) in [6.07, 6.45) is 4.67. The number of carbonyl (C=O) groups excluding carboxylic acids is 1. The van der Waals surface area contributed by atoms with E-state index >= 15 is 0 Å². The third-order valence-corrected chi connectivity index (χ3v) is 5.07. The van der Waals surface area contributed by atoms with Gasteiger partial charge in [-0.1, -0.05) is 26.7 Å². The second-order valence-corrected chi connectivity index (χ2v) is 7.61. The molecule has 3 rings (SSSR count). The van der Waals surface area contributed by atoms with Crippen molar-refractivity contribution in [3.05, 3.63) is 24.3 Å². The lowest BCUT2D eigenvalue weighted by molar-refractivity contribution is 0.167. The van der Waals surface area contributed by atoms with Gasteiger partial charge in [0.1, 0.15) is 0 Å². The van der Waals surface area contributed by atoms with Gasteiger partial charge in [0.2, 0.25) is 0 Å². The van der Waals surface area contributed by atoms with E-state index in [2.05, 4.69) is 24.5 Å². The Bertz CT molecular complexity index is 548. The lowest BCUT2D eigenvalue weighted by Gasteiger charge is -2.26. The molecule has 0 bridgehead atoms. The Labute approximate surface area is 144 Å². The number of carbonyl (C=O) groups is 1. The third kappa shape index (κ3) is 4.20. The molecule has 1 aromatic rings. The molecular weight excluding hydrogens is 302 g/mol. The molecule has 5 heteroatoms. The average Bonchev–Trinajstić information content (AvgIpc) is 2.78. The Morgan fingerprint density at radius 3 is 2.29 bits per heavy atom. The predicted molar refractivity (Wildman–Crippen MR) is 97.5 cm³/mol. The molecule has 2 N–H and O–H groups in total. The van der Waals surface area contributed by atoms with Crippen LogP contribution in [0.25, 0.3) is 0 Å². The van der Waals surface area contributed by atoms with Crippen LogP contribution in [0.2, 0.25) is 0 Å². The van der Waals surface area contributed by atoms with Gasteiger partial charge in [0, 0.05) is 29.9 Å². The minimum Gasteiger partial charge on any atom is -0.379 e. The molecule has 0 saturated carbocycles. The van der Waals surface area contributed by atoms with E-state index in [1.165, 1.54) is 12.8 Å². The van der Waals surface area contributed by atoms with Gasteiger partial charge in [-0.05, 0) is 37.1 Å². The van der Waals surface area contributed by atoms with Crippen molar-refractivity contribution in [1.82, 2.24) is 4.90 Å². The van der Waals surface area contributed by atoms with Gasteiger partial charge in [0.05, 0.1) is 19.3 Å². The minimum atomic E-state index is 0.0166. The van der Waals surface area contributed by atoms with Crippen LogP contribution >= 0.6 is 0 Å². The maximum absolute atomic E-state index is 12.4. The zero-order valence-corrected chi connectivity index (χ0v) is 14.8. The van der Waals surface area contributed by atoms with E-state index in [0.29, 0.717) is 6.04 Å². The molecule has 2 saturated heterocycles. The number of nitrogens with one attached hydrogen (secondary N) is 2. The Morgan fingerprint density at radius 2 is 1.71 bits per heavy atom. The first-order valence-corrected chi connectivity index (χ1v) is 9.05. The first-order valence-electron chi connectivity index (χ1n) is 9.05. The topological polar surface area (TPSA) is 53.6 Å². The standard InChI is InChI=1S/C19H29N3O2/c1-19(2)14-24-13-17(19)20-15-7-9-16(10-8-15)21-18(23)22-11-5-3-4-6-12-22/h7-10,17,20H,3-6,11-14H2,1-2H3,(H,21,23). The molecule has 0 aliphatic carbocycles. The molecule has 1 unspecified atom stereocenters. The van der Waals surface area contributed by atoms with Crippen molar-refractivity contribution in [2.24, 2.45) is 5.41 Å². The highest BCUT2D eigenvalue weighted by atomic mass is 16.5. The number of hydrogen-bond donors (Lipinski definition) is 2. The van der Waals surface area contributed by atoms with E-state index in [0.717, 1.165) is 50.5 Å². The zero-order valence-electron chi connectivity index (χ0n) is 14.8. The minimum absolute atomic E-state index is 0.0166. The Balaban J connectivity index is 1.55. The molecule has 0 aromatic heterocycles. The lowest BCUT2D eigenvalue weighted by atomic mass is 9.88. The van der Waals surface area contributed by atoms with Crippen LogP contribution in [0.15, 0.2) is 24.3 Å². The number of hydrogen-bond acceptors (Lipinski definition) is 3. The van der Waals surface area contributed by atoms with Crippen LogP contribution in [0.5, 0.6) is 0 Å². The molecular formula is C19H29N3O2. The summed E-state index contributed by atoms with van der Waals surface area (Å²) in [6.45, 7) is 7.68. The number of rotatable bonds is 3. The average molecular weight is 331 g/mol. The van der Waals surface area contributed by atoms with Crippen LogP contribution in [0.1, 0.15) is 39.5 Å². The molecule has 2 fully saturated rings. The van der Waals surface area contributed by atoms with Gasteiger partial charge < -0.3 is 20.3 Å². The number of urea groups is 1. The zero-order chi connectivity index (χ0) is 17.0. The SMILES string of the molecule is CC1(C)COCC1Nc1ccc(NC(=O)N2CCCCCC2)cc1. The molecule has 24 heavy (non-hydrogen) atoms. The second kappa shape index (κ2) is 7.43. The Morgan fingerprint density at radius 1 is 1.08 bits per heavy atom. The lowest BCUT2D eigenvalue weighted by Crippen LogP contribution is -2.35. The van der Waals surface area contributed by atoms with Crippen LogP contribution in [0, 0.1) is 5.41 Å². The van der Waals surface area contributed by atoms with Gasteiger partial charge in [-0.2, -0.15) is 0 Å². The largest absolute Gasteiger partial charge is 0.379 e. The maximum Gasteiger partial charge on any atom is 0.321 e. The smallest absolute Gasteiger partial charge is 0.321 e. The van der Waals surface area contributed by atoms with Gasteiger partial charge in [-0.25, -0.2) is 4.79 Å². The fraction of sp³-hybridized carbons (Fsp3) is 0.632. The van der Waals surface area contributed by atoms with Gasteiger partial charge in [-0.3, -0.25) is 0 Å². The molecule has 1 aromatic carbocycles. The highest BCUT2D eigenvalue weighted by Crippen LogP contribution is 2.30. The van der Waals surface area contributed by atoms with Crippen molar-refractivity contribution in [3.8, 4) is 0 Å². The number of nitrogens with zero attached hydrogens (tertiary/aromatic N) is 1. The predicted octanol–water partition coefficient (Wildman–Crippen LogP) is 3.93. The van der Waals surface area contributed by atoms with Crippen molar-refractivity contribution in [2.45, 2.75) is 45.6 Å². The summed E-state index contributed by atoms with van der Waals surface area (Å²) in [6, 6.07) is 8.29. The van der Waals surface area contributed by atoms with Crippen LogP contribution < -0.4 is 10.6 Å². The van der Waals surface area contributed by atoms with Gasteiger partial charge in [0.25, 0.3) is 0 Å². The van der Waals surface area contributed by atoms with E-state index in [9.17, 15) is 4.79 Å². The van der Waals surface area contributed by atoms with Gasteiger partial charge in [-0.15, -0.1) is 0 Å². The molecule has 5 nitrogen and oxygen atoms in total. The van der Waals surface area contributed by atoms with E-state index in [1.54, 1.807) is 0 Å². The molecule has 0 spiro atoms. The molecule has 2 aliphatic heterocycles.